The average molecular weight is 245 g/mol. The lowest BCUT2D eigenvalue weighted by atomic mass is 10.2. The molecule has 0 aromatic heterocycles. The maximum Gasteiger partial charge on any atom is 0.0947 e. The molecule has 0 aliphatic heterocycles. The number of likely N-dealkylation sites (N-methyl/N-ethyl adjacent to an activating group) is 1. The molecule has 1 aromatic rings. The Balaban J connectivity index is 2.76. The van der Waals surface area contributed by atoms with Crippen molar-refractivity contribution < 1.29 is 9.84 Å². The minimum Gasteiger partial charge on any atom is -0.397 e. The Hall–Kier alpha value is -0.970. The topological polar surface area (TPSA) is 58.7 Å². The molecule has 1 aromatic carbocycles. The van der Waals surface area contributed by atoms with Crippen LogP contribution in [0.2, 0.25) is 5.02 Å². The van der Waals surface area contributed by atoms with Gasteiger partial charge in [0.2, 0.25) is 0 Å². The summed E-state index contributed by atoms with van der Waals surface area (Å²) in [4.78, 5) is 1.82. The van der Waals surface area contributed by atoms with E-state index in [1.807, 2.05) is 11.9 Å². The zero-order valence-electron chi connectivity index (χ0n) is 9.48. The molecule has 0 amide bonds. The molecule has 16 heavy (non-hydrogen) atoms. The Kier molecular flexibility index (Phi) is 4.86. The molecule has 1 unspecified atom stereocenters. The number of halogens is 1. The quantitative estimate of drug-likeness (QED) is 0.768. The highest BCUT2D eigenvalue weighted by atomic mass is 35.5. The van der Waals surface area contributed by atoms with E-state index in [1.165, 1.54) is 0 Å². The van der Waals surface area contributed by atoms with Crippen molar-refractivity contribution in [3.8, 4) is 0 Å². The van der Waals surface area contributed by atoms with Gasteiger partial charge in [-0.3, -0.25) is 0 Å². The van der Waals surface area contributed by atoms with E-state index in [-0.39, 0.29) is 6.61 Å². The largest absolute Gasteiger partial charge is 0.397 e. The van der Waals surface area contributed by atoms with Crippen LogP contribution in [-0.4, -0.2) is 38.5 Å². The number of aliphatic hydroxyl groups excluding tert-OH is 1. The standard InChI is InChI=1S/C11H17ClN2O2/c1-14(6-8(15)7-16-2)11-9(12)4-3-5-10(11)13/h3-5,8,15H,6-7,13H2,1-2H3. The Morgan fingerprint density at radius 1 is 1.56 bits per heavy atom. The van der Waals surface area contributed by atoms with Gasteiger partial charge in [-0.25, -0.2) is 0 Å². The highest BCUT2D eigenvalue weighted by Crippen LogP contribution is 2.30. The maximum atomic E-state index is 9.61. The fraction of sp³-hybridized carbons (Fsp3) is 0.455. The molecular weight excluding hydrogens is 228 g/mol. The van der Waals surface area contributed by atoms with Crippen LogP contribution in [0.4, 0.5) is 11.4 Å². The van der Waals surface area contributed by atoms with Gasteiger partial charge in [-0.1, -0.05) is 17.7 Å². The van der Waals surface area contributed by atoms with Crippen LogP contribution in [0.1, 0.15) is 0 Å². The van der Waals surface area contributed by atoms with Gasteiger partial charge in [-0.2, -0.15) is 0 Å². The first-order chi connectivity index (χ1) is 7.56. The summed E-state index contributed by atoms with van der Waals surface area (Å²) in [5, 5.41) is 10.2. The van der Waals surface area contributed by atoms with Crippen LogP contribution >= 0.6 is 11.6 Å². The van der Waals surface area contributed by atoms with Crippen LogP contribution in [0.3, 0.4) is 0 Å². The van der Waals surface area contributed by atoms with E-state index in [0.29, 0.717) is 17.3 Å². The fourth-order valence-corrected chi connectivity index (χ4v) is 1.91. The van der Waals surface area contributed by atoms with Crippen LogP contribution in [0.15, 0.2) is 18.2 Å². The Morgan fingerprint density at radius 3 is 2.81 bits per heavy atom. The summed E-state index contributed by atoms with van der Waals surface area (Å²) < 4.78 is 4.86. The lowest BCUT2D eigenvalue weighted by Crippen LogP contribution is -2.32. The van der Waals surface area contributed by atoms with Crippen molar-refractivity contribution in [3.63, 3.8) is 0 Å². The molecule has 0 saturated carbocycles. The Bertz CT molecular complexity index is 327. The van der Waals surface area contributed by atoms with E-state index >= 15 is 0 Å². The van der Waals surface area contributed by atoms with Crippen LogP contribution in [0, 0.1) is 0 Å². The predicted octanol–water partition coefficient (Wildman–Crippen LogP) is 1.37. The molecular formula is C11H17ClN2O2. The molecule has 0 aliphatic carbocycles. The van der Waals surface area contributed by atoms with Gasteiger partial charge in [0.25, 0.3) is 0 Å². The van der Waals surface area contributed by atoms with E-state index < -0.39 is 6.10 Å². The molecule has 0 fully saturated rings. The minimum atomic E-state index is -0.564. The zero-order valence-corrected chi connectivity index (χ0v) is 10.2. The first-order valence-electron chi connectivity index (χ1n) is 4.98. The van der Waals surface area contributed by atoms with Crippen LogP contribution < -0.4 is 10.6 Å². The number of benzene rings is 1. The molecule has 90 valence electrons. The number of hydrogen-bond acceptors (Lipinski definition) is 4. The van der Waals surface area contributed by atoms with Crippen molar-refractivity contribution in [2.75, 3.05) is 37.9 Å². The van der Waals surface area contributed by atoms with Gasteiger partial charge < -0.3 is 20.5 Å². The fourth-order valence-electron chi connectivity index (χ4n) is 1.59. The molecule has 0 saturated heterocycles. The lowest BCUT2D eigenvalue weighted by molar-refractivity contribution is 0.0695. The summed E-state index contributed by atoms with van der Waals surface area (Å²) in [7, 11) is 3.38. The number of rotatable bonds is 5. The molecule has 0 heterocycles. The second-order valence-corrected chi connectivity index (χ2v) is 4.07. The Labute approximate surface area is 101 Å². The molecule has 3 N–H and O–H groups in total. The smallest absolute Gasteiger partial charge is 0.0947 e. The number of para-hydroxylation sites is 1. The molecule has 5 heteroatoms. The number of nitrogens with zero attached hydrogens (tertiary/aromatic N) is 1. The third-order valence-electron chi connectivity index (χ3n) is 2.24. The number of methoxy groups -OCH3 is 1. The highest BCUT2D eigenvalue weighted by molar-refractivity contribution is 6.33. The summed E-state index contributed by atoms with van der Waals surface area (Å²) in [6.45, 7) is 0.705. The molecule has 1 rings (SSSR count). The van der Waals surface area contributed by atoms with Gasteiger partial charge in [-0.05, 0) is 12.1 Å². The third-order valence-corrected chi connectivity index (χ3v) is 2.55. The number of ether oxygens (including phenoxy) is 1. The molecule has 1 atom stereocenters. The predicted molar refractivity (Wildman–Crippen MR) is 67.0 cm³/mol. The van der Waals surface area contributed by atoms with E-state index in [1.54, 1.807) is 25.3 Å². The number of anilines is 2. The number of nitrogen functional groups attached to an aromatic ring is 1. The maximum absolute atomic E-state index is 9.61. The van der Waals surface area contributed by atoms with Crippen molar-refractivity contribution in [2.24, 2.45) is 0 Å². The second-order valence-electron chi connectivity index (χ2n) is 3.67. The summed E-state index contributed by atoms with van der Waals surface area (Å²) >= 11 is 6.05. The summed E-state index contributed by atoms with van der Waals surface area (Å²) in [6, 6.07) is 5.34. The van der Waals surface area contributed by atoms with E-state index in [4.69, 9.17) is 22.1 Å². The lowest BCUT2D eigenvalue weighted by Gasteiger charge is -2.24. The van der Waals surface area contributed by atoms with Crippen molar-refractivity contribution in [1.29, 1.82) is 0 Å². The number of nitrogens with two attached hydrogens (primary N) is 1. The van der Waals surface area contributed by atoms with Gasteiger partial charge in [-0.15, -0.1) is 0 Å². The molecule has 0 bridgehead atoms. The summed E-state index contributed by atoms with van der Waals surface area (Å²) in [5.74, 6) is 0. The second kappa shape index (κ2) is 5.94. The van der Waals surface area contributed by atoms with Gasteiger partial charge in [0.05, 0.1) is 29.1 Å². The van der Waals surface area contributed by atoms with E-state index in [2.05, 4.69) is 0 Å². The third kappa shape index (κ3) is 3.27. The molecule has 4 nitrogen and oxygen atoms in total. The summed E-state index contributed by atoms with van der Waals surface area (Å²) in [5.41, 5.74) is 7.17. The van der Waals surface area contributed by atoms with Gasteiger partial charge in [0.15, 0.2) is 0 Å². The highest BCUT2D eigenvalue weighted by Gasteiger charge is 2.13. The van der Waals surface area contributed by atoms with Gasteiger partial charge in [0, 0.05) is 20.7 Å². The van der Waals surface area contributed by atoms with Crippen molar-refractivity contribution in [3.05, 3.63) is 23.2 Å². The van der Waals surface area contributed by atoms with Crippen LogP contribution in [-0.2, 0) is 4.74 Å². The molecule has 0 radical (unpaired) electrons. The van der Waals surface area contributed by atoms with Crippen molar-refractivity contribution >= 4 is 23.0 Å². The van der Waals surface area contributed by atoms with Gasteiger partial charge >= 0.3 is 0 Å². The SMILES string of the molecule is COCC(O)CN(C)c1c(N)cccc1Cl. The minimum absolute atomic E-state index is 0.286. The van der Waals surface area contributed by atoms with E-state index in [9.17, 15) is 5.11 Å². The van der Waals surface area contributed by atoms with Crippen LogP contribution in [0.25, 0.3) is 0 Å². The normalized spacial score (nSPS) is 12.5. The van der Waals surface area contributed by atoms with Crippen molar-refractivity contribution in [2.45, 2.75) is 6.10 Å². The number of aliphatic hydroxyl groups is 1. The van der Waals surface area contributed by atoms with Crippen molar-refractivity contribution in [1.82, 2.24) is 0 Å². The van der Waals surface area contributed by atoms with Crippen LogP contribution in [0.5, 0.6) is 0 Å². The molecule has 0 aliphatic rings. The average Bonchev–Trinajstić information content (AvgIpc) is 2.17. The summed E-state index contributed by atoms with van der Waals surface area (Å²) in [6.07, 6.45) is -0.564. The monoisotopic (exact) mass is 244 g/mol. The first kappa shape index (κ1) is 13.1. The van der Waals surface area contributed by atoms with E-state index in [0.717, 1.165) is 5.69 Å². The first-order valence-corrected chi connectivity index (χ1v) is 5.36. The van der Waals surface area contributed by atoms with Gasteiger partial charge in [0.1, 0.15) is 0 Å². The molecule has 0 spiro atoms. The number of hydrogen-bond donors (Lipinski definition) is 2. The zero-order chi connectivity index (χ0) is 12.1. The Morgan fingerprint density at radius 2 is 2.25 bits per heavy atom.